The minimum absolute atomic E-state index is 0.0283. The summed E-state index contributed by atoms with van der Waals surface area (Å²) in [5.74, 6) is -1.62. The highest BCUT2D eigenvalue weighted by molar-refractivity contribution is 7.47. The zero-order valence-electron chi connectivity index (χ0n) is 49.7. The molecule has 0 radical (unpaired) electrons. The van der Waals surface area contributed by atoms with Crippen molar-refractivity contribution in [1.29, 1.82) is 0 Å². The second kappa shape index (κ2) is 60.2. The van der Waals surface area contributed by atoms with Crippen LogP contribution in [0.2, 0.25) is 0 Å². The van der Waals surface area contributed by atoms with Crippen LogP contribution in [-0.2, 0) is 42.2 Å². The fraction of sp³-hybridized carbons (Fsp3) is 0.574. The van der Waals surface area contributed by atoms with E-state index in [1.807, 2.05) is 12.2 Å². The van der Waals surface area contributed by atoms with Gasteiger partial charge in [-0.15, -0.1) is 0 Å². The highest BCUT2D eigenvalue weighted by Gasteiger charge is 2.28. The van der Waals surface area contributed by atoms with E-state index in [4.69, 9.17) is 23.3 Å². The Morgan fingerprint density at radius 3 is 1.01 bits per heavy atom. The van der Waals surface area contributed by atoms with Crippen LogP contribution in [0.4, 0.5) is 0 Å². The van der Waals surface area contributed by atoms with E-state index < -0.39 is 57.8 Å². The smallest absolute Gasteiger partial charge is 0.462 e. The van der Waals surface area contributed by atoms with Gasteiger partial charge in [0, 0.05) is 19.3 Å². The van der Waals surface area contributed by atoms with Crippen molar-refractivity contribution in [3.8, 4) is 0 Å². The maximum atomic E-state index is 12.9. The monoisotopic (exact) mass is 1130 g/mol. The first-order valence-electron chi connectivity index (χ1n) is 30.4. The van der Waals surface area contributed by atoms with Gasteiger partial charge in [0.05, 0.1) is 19.8 Å². The predicted octanol–water partition coefficient (Wildman–Crippen LogP) is 18.5. The van der Waals surface area contributed by atoms with Crippen LogP contribution in [0.5, 0.6) is 0 Å². The molecule has 0 aliphatic heterocycles. The van der Waals surface area contributed by atoms with Gasteiger partial charge < -0.3 is 24.2 Å². The van der Waals surface area contributed by atoms with Crippen molar-refractivity contribution in [2.45, 2.75) is 226 Å². The number of phosphoric acid groups is 1. The Kier molecular flexibility index (Phi) is 56.5. The number of carbonyl (C=O) groups is 3. The van der Waals surface area contributed by atoms with Gasteiger partial charge >= 0.3 is 25.7 Å². The number of hydrogen-bond donors (Lipinski definition) is 2. The Labute approximate surface area is 485 Å². The summed E-state index contributed by atoms with van der Waals surface area (Å²) in [6.07, 6.45) is 79.2. The van der Waals surface area contributed by atoms with Gasteiger partial charge in [-0.05, 0) is 128 Å². The summed E-state index contributed by atoms with van der Waals surface area (Å²) in [5, 5.41) is 9.84. The molecule has 0 heterocycles. The van der Waals surface area contributed by atoms with Crippen molar-refractivity contribution in [3.63, 3.8) is 0 Å². The van der Waals surface area contributed by atoms with Crippen molar-refractivity contribution in [3.05, 3.63) is 158 Å². The third-order valence-electron chi connectivity index (χ3n) is 11.9. The summed E-state index contributed by atoms with van der Waals surface area (Å²) < 4.78 is 39.5. The minimum Gasteiger partial charge on any atom is -0.462 e. The molecular weight excluding hydrogens is 1020 g/mol. The van der Waals surface area contributed by atoms with Crippen LogP contribution in [0.15, 0.2) is 158 Å². The van der Waals surface area contributed by atoms with Crippen LogP contribution in [0.25, 0.3) is 0 Å². The number of esters is 3. The maximum absolute atomic E-state index is 12.9. The van der Waals surface area contributed by atoms with Gasteiger partial charge in [0.25, 0.3) is 0 Å². The summed E-state index contributed by atoms with van der Waals surface area (Å²) in [5.41, 5.74) is 0. The number of aliphatic hydroxyl groups is 1. The van der Waals surface area contributed by atoms with Crippen LogP contribution < -0.4 is 0 Å². The molecule has 450 valence electrons. The third kappa shape index (κ3) is 57.8. The molecule has 0 rings (SSSR count). The van der Waals surface area contributed by atoms with E-state index in [0.717, 1.165) is 148 Å². The van der Waals surface area contributed by atoms with Crippen molar-refractivity contribution in [2.75, 3.05) is 26.4 Å². The molecule has 0 aliphatic carbocycles. The number of allylic oxidation sites excluding steroid dienone is 26. The molecule has 3 unspecified atom stereocenters. The molecule has 0 aromatic rings. The summed E-state index contributed by atoms with van der Waals surface area (Å²) in [6.45, 7) is 4.17. The van der Waals surface area contributed by atoms with Gasteiger partial charge in [-0.3, -0.25) is 23.4 Å². The topological polar surface area (TPSA) is 155 Å². The van der Waals surface area contributed by atoms with Crippen molar-refractivity contribution in [2.24, 2.45) is 0 Å². The van der Waals surface area contributed by atoms with E-state index in [1.54, 1.807) is 0 Å². The SMILES string of the molecule is CC/C=C\C/C=C\C/C=C\C/C=C\C/C=C\C/C=C\CCC(=O)OC(COC(=O)CCCCCCC/C=C\C/C=C\C/C=C\CC)COP(=O)(O)OCC(CO)OC(=O)CCCCCCCC/C=C\C/C=C\C/C=C\C/C=C\CC. The van der Waals surface area contributed by atoms with Gasteiger partial charge in [-0.25, -0.2) is 4.57 Å². The molecule has 0 saturated heterocycles. The maximum Gasteiger partial charge on any atom is 0.472 e. The molecule has 0 fully saturated rings. The molecular formula is C68H107O11P. The Balaban J connectivity index is 4.85. The first-order valence-corrected chi connectivity index (χ1v) is 31.9. The Bertz CT molecular complexity index is 1950. The number of unbranched alkanes of at least 4 members (excludes halogenated alkanes) is 11. The quantitative estimate of drug-likeness (QED) is 0.0197. The van der Waals surface area contributed by atoms with Gasteiger partial charge in [0.2, 0.25) is 0 Å². The number of ether oxygens (including phenoxy) is 3. The minimum atomic E-state index is -4.79. The Morgan fingerprint density at radius 1 is 0.350 bits per heavy atom. The molecule has 3 atom stereocenters. The molecule has 2 N–H and O–H groups in total. The average Bonchev–Trinajstić information content (AvgIpc) is 3.45. The van der Waals surface area contributed by atoms with Crippen LogP contribution >= 0.6 is 7.82 Å². The van der Waals surface area contributed by atoms with Crippen molar-refractivity contribution < 1.29 is 52.2 Å². The molecule has 0 amide bonds. The zero-order chi connectivity index (χ0) is 58.3. The zero-order valence-corrected chi connectivity index (χ0v) is 50.6. The summed E-state index contributed by atoms with van der Waals surface area (Å²) in [6, 6.07) is 0. The lowest BCUT2D eigenvalue weighted by Gasteiger charge is -2.21. The van der Waals surface area contributed by atoms with E-state index >= 15 is 0 Å². The van der Waals surface area contributed by atoms with Crippen LogP contribution in [0, 0.1) is 0 Å². The normalized spacial score (nSPS) is 14.4. The fourth-order valence-corrected chi connectivity index (χ4v) is 8.23. The van der Waals surface area contributed by atoms with E-state index in [9.17, 15) is 28.9 Å². The van der Waals surface area contributed by atoms with Gasteiger partial charge in [0.15, 0.2) is 6.10 Å². The number of rotatable bonds is 54. The fourth-order valence-electron chi connectivity index (χ4n) is 7.45. The molecule has 0 aliphatic rings. The molecule has 0 saturated carbocycles. The molecule has 11 nitrogen and oxygen atoms in total. The third-order valence-corrected chi connectivity index (χ3v) is 12.9. The molecule has 80 heavy (non-hydrogen) atoms. The number of aliphatic hydroxyl groups excluding tert-OH is 1. The standard InChI is InChI=1S/C68H107O11P/c1-4-7-10-13-16-19-22-25-28-30-32-34-37-40-43-46-49-52-55-58-67(71)78-64(60-69)62-76-80(73,74)77-63-65(61-75-66(70)57-54-51-48-45-42-39-36-27-24-21-18-15-12-9-6-3)79-68(72)59-56-53-50-47-44-41-38-35-33-31-29-26-23-20-17-14-11-8-5-2/h7-12,16-21,25-29,32-36,41,44,50,53,64-65,69H,4-6,13-15,22-24,30-31,37-40,42-43,45-49,51-52,54-63H2,1-3H3,(H,73,74)/b10-7-,11-8-,12-9-,19-16-,20-17-,21-18-,28-25-,29-26-,34-32-,35-33-,36-27-,44-41-,53-50-. The molecule has 0 aromatic carbocycles. The number of phosphoric ester groups is 1. The summed E-state index contributed by atoms with van der Waals surface area (Å²) >= 11 is 0. The molecule has 0 spiro atoms. The lowest BCUT2D eigenvalue weighted by atomic mass is 10.1. The van der Waals surface area contributed by atoms with Crippen molar-refractivity contribution >= 4 is 25.7 Å². The van der Waals surface area contributed by atoms with Crippen LogP contribution in [0.1, 0.15) is 213 Å². The highest BCUT2D eigenvalue weighted by Crippen LogP contribution is 2.43. The lowest BCUT2D eigenvalue weighted by Crippen LogP contribution is -2.30. The first-order chi connectivity index (χ1) is 39.2. The van der Waals surface area contributed by atoms with Crippen LogP contribution in [-0.4, -0.2) is 66.5 Å². The largest absolute Gasteiger partial charge is 0.472 e. The molecule has 12 heteroatoms. The van der Waals surface area contributed by atoms with Crippen LogP contribution in [0.3, 0.4) is 0 Å². The van der Waals surface area contributed by atoms with E-state index in [2.05, 4.69) is 167 Å². The Morgan fingerprint density at radius 2 is 0.637 bits per heavy atom. The summed E-state index contributed by atoms with van der Waals surface area (Å²) in [7, 11) is -4.79. The second-order valence-electron chi connectivity index (χ2n) is 19.4. The van der Waals surface area contributed by atoms with Gasteiger partial charge in [0.1, 0.15) is 12.7 Å². The predicted molar refractivity (Wildman–Crippen MR) is 334 cm³/mol. The second-order valence-corrected chi connectivity index (χ2v) is 20.8. The van der Waals surface area contributed by atoms with E-state index in [1.165, 1.54) is 0 Å². The number of carbonyl (C=O) groups excluding carboxylic acids is 3. The molecule has 0 aromatic heterocycles. The van der Waals surface area contributed by atoms with Gasteiger partial charge in [-0.1, -0.05) is 224 Å². The van der Waals surface area contributed by atoms with Crippen molar-refractivity contribution in [1.82, 2.24) is 0 Å². The Hall–Kier alpha value is -4.90. The van der Waals surface area contributed by atoms with Gasteiger partial charge in [-0.2, -0.15) is 0 Å². The van der Waals surface area contributed by atoms with E-state index in [-0.39, 0.29) is 25.9 Å². The average molecular weight is 1130 g/mol. The summed E-state index contributed by atoms with van der Waals surface area (Å²) in [4.78, 5) is 48.6. The lowest BCUT2D eigenvalue weighted by molar-refractivity contribution is -0.161. The molecule has 0 bridgehead atoms. The highest BCUT2D eigenvalue weighted by atomic mass is 31.2. The van der Waals surface area contributed by atoms with E-state index in [0.29, 0.717) is 25.7 Å². The first kappa shape index (κ1) is 75.1. The number of hydrogen-bond acceptors (Lipinski definition) is 10.